The van der Waals surface area contributed by atoms with Gasteiger partial charge in [0.2, 0.25) is 5.91 Å². The molecule has 0 bridgehead atoms. The van der Waals surface area contributed by atoms with Crippen molar-refractivity contribution in [1.82, 2.24) is 20.1 Å². The minimum Gasteiger partial charge on any atom is -0.497 e. The zero-order valence-electron chi connectivity index (χ0n) is 22.1. The summed E-state index contributed by atoms with van der Waals surface area (Å²) in [5, 5.41) is 2.95. The van der Waals surface area contributed by atoms with Crippen molar-refractivity contribution in [3.63, 3.8) is 0 Å². The van der Waals surface area contributed by atoms with Gasteiger partial charge in [0.25, 0.3) is 11.8 Å². The maximum Gasteiger partial charge on any atom is 0.256 e. The number of carbonyl (C=O) groups is 3. The Morgan fingerprint density at radius 3 is 2.21 bits per heavy atom. The Morgan fingerprint density at radius 1 is 0.949 bits per heavy atom. The monoisotopic (exact) mass is 528 g/mol. The lowest BCUT2D eigenvalue weighted by atomic mass is 9.96. The first kappa shape index (κ1) is 26.4. The fourth-order valence-electron chi connectivity index (χ4n) is 5.19. The quantitative estimate of drug-likeness (QED) is 0.528. The Labute approximate surface area is 227 Å². The molecule has 2 aliphatic heterocycles. The molecule has 2 aromatic carbocycles. The highest BCUT2D eigenvalue weighted by atomic mass is 16.5. The predicted molar refractivity (Wildman–Crippen MR) is 144 cm³/mol. The number of rotatable bonds is 6. The Bertz CT molecular complexity index is 1320. The van der Waals surface area contributed by atoms with Crippen molar-refractivity contribution in [2.45, 2.75) is 38.1 Å². The van der Waals surface area contributed by atoms with Gasteiger partial charge in [-0.3, -0.25) is 24.3 Å². The molecular formula is C30H32N4O5. The third kappa shape index (κ3) is 5.49. The maximum absolute atomic E-state index is 13.9. The van der Waals surface area contributed by atoms with Crippen LogP contribution in [0.4, 0.5) is 0 Å². The third-order valence-electron chi connectivity index (χ3n) is 7.47. The van der Waals surface area contributed by atoms with Crippen LogP contribution in [0.3, 0.4) is 0 Å². The van der Waals surface area contributed by atoms with Gasteiger partial charge in [-0.15, -0.1) is 0 Å². The van der Waals surface area contributed by atoms with E-state index in [1.807, 2.05) is 43.3 Å². The second-order valence-electron chi connectivity index (χ2n) is 9.91. The molecule has 1 atom stereocenters. The summed E-state index contributed by atoms with van der Waals surface area (Å²) in [7, 11) is 1.56. The van der Waals surface area contributed by atoms with Crippen molar-refractivity contribution in [2.24, 2.45) is 0 Å². The number of pyridine rings is 1. The molecular weight excluding hydrogens is 496 g/mol. The summed E-state index contributed by atoms with van der Waals surface area (Å²) in [6.07, 6.45) is 4.14. The van der Waals surface area contributed by atoms with Gasteiger partial charge in [0.15, 0.2) is 0 Å². The van der Waals surface area contributed by atoms with Crippen LogP contribution in [0.25, 0.3) is 0 Å². The molecule has 3 aromatic rings. The number of nitrogens with zero attached hydrogens (tertiary/aromatic N) is 3. The number of likely N-dealkylation sites (tertiary alicyclic amines) is 1. The van der Waals surface area contributed by atoms with E-state index in [2.05, 4.69) is 10.3 Å². The van der Waals surface area contributed by atoms with Crippen LogP contribution < -0.4 is 10.1 Å². The van der Waals surface area contributed by atoms with Crippen molar-refractivity contribution in [3.8, 4) is 5.75 Å². The van der Waals surface area contributed by atoms with Crippen LogP contribution in [-0.4, -0.2) is 71.1 Å². The first-order chi connectivity index (χ1) is 18.9. The molecule has 1 spiro atoms. The van der Waals surface area contributed by atoms with E-state index in [1.165, 1.54) is 0 Å². The van der Waals surface area contributed by atoms with E-state index < -0.39 is 11.8 Å². The molecule has 1 aromatic heterocycles. The SMILES string of the molecule is COc1ccc(C(=O)N2C(C(=O)NCc3ccncc3)COC23CCN(C(=O)c2ccc(C)cc2)CC3)cc1. The summed E-state index contributed by atoms with van der Waals surface area (Å²) < 4.78 is 11.5. The lowest BCUT2D eigenvalue weighted by molar-refractivity contribution is -0.128. The van der Waals surface area contributed by atoms with Gasteiger partial charge < -0.3 is 19.7 Å². The molecule has 0 aliphatic carbocycles. The number of piperidine rings is 1. The number of amides is 3. The molecule has 2 fully saturated rings. The largest absolute Gasteiger partial charge is 0.497 e. The van der Waals surface area contributed by atoms with Crippen LogP contribution >= 0.6 is 0 Å². The van der Waals surface area contributed by atoms with Gasteiger partial charge in [0.1, 0.15) is 17.5 Å². The summed E-state index contributed by atoms with van der Waals surface area (Å²) in [6, 6.07) is 17.2. The zero-order chi connectivity index (χ0) is 27.4. The van der Waals surface area contributed by atoms with Crippen molar-refractivity contribution in [3.05, 3.63) is 95.3 Å². The molecule has 3 amide bonds. The second-order valence-corrected chi connectivity index (χ2v) is 9.91. The van der Waals surface area contributed by atoms with Gasteiger partial charge in [0, 0.05) is 56.0 Å². The van der Waals surface area contributed by atoms with Gasteiger partial charge in [0.05, 0.1) is 13.7 Å². The van der Waals surface area contributed by atoms with Crippen molar-refractivity contribution in [1.29, 1.82) is 0 Å². The lowest BCUT2D eigenvalue weighted by Gasteiger charge is -2.44. The molecule has 202 valence electrons. The summed E-state index contributed by atoms with van der Waals surface area (Å²) in [5.41, 5.74) is 2.07. The number of hydrogen-bond donors (Lipinski definition) is 1. The van der Waals surface area contributed by atoms with E-state index in [-0.39, 0.29) is 24.3 Å². The number of benzene rings is 2. The molecule has 3 heterocycles. The van der Waals surface area contributed by atoms with Crippen LogP contribution in [-0.2, 0) is 16.1 Å². The van der Waals surface area contributed by atoms with Gasteiger partial charge >= 0.3 is 0 Å². The van der Waals surface area contributed by atoms with E-state index >= 15 is 0 Å². The number of methoxy groups -OCH3 is 1. The minimum atomic E-state index is -0.986. The highest BCUT2D eigenvalue weighted by Gasteiger charge is 2.54. The van der Waals surface area contributed by atoms with Crippen LogP contribution in [0.1, 0.15) is 44.7 Å². The topological polar surface area (TPSA) is 101 Å². The predicted octanol–water partition coefficient (Wildman–Crippen LogP) is 3.19. The average molecular weight is 529 g/mol. The number of carbonyl (C=O) groups excluding carboxylic acids is 3. The molecule has 0 saturated carbocycles. The fraction of sp³-hybridized carbons (Fsp3) is 0.333. The van der Waals surface area contributed by atoms with Crippen LogP contribution in [0.15, 0.2) is 73.1 Å². The van der Waals surface area contributed by atoms with Crippen molar-refractivity contribution in [2.75, 3.05) is 26.8 Å². The van der Waals surface area contributed by atoms with E-state index in [9.17, 15) is 14.4 Å². The van der Waals surface area contributed by atoms with Crippen LogP contribution in [0.5, 0.6) is 5.75 Å². The van der Waals surface area contributed by atoms with E-state index in [4.69, 9.17) is 9.47 Å². The molecule has 1 N–H and O–H groups in total. The highest BCUT2D eigenvalue weighted by molar-refractivity contribution is 5.99. The standard InChI is InChI=1S/C30H32N4O5/c1-21-3-5-23(6-4-21)28(36)33-17-13-30(14-18-33)34(29(37)24-7-9-25(38-2)10-8-24)26(20-39-30)27(35)32-19-22-11-15-31-16-12-22/h3-12,15-16,26H,13-14,17-20H2,1-2H3,(H,32,35). The first-order valence-corrected chi connectivity index (χ1v) is 13.0. The number of aryl methyl sites for hydroxylation is 1. The van der Waals surface area contributed by atoms with Crippen molar-refractivity contribution >= 4 is 17.7 Å². The molecule has 9 heteroatoms. The summed E-state index contributed by atoms with van der Waals surface area (Å²) in [6.45, 7) is 3.19. The Kier molecular flexibility index (Phi) is 7.60. The Morgan fingerprint density at radius 2 is 1.56 bits per heavy atom. The number of nitrogens with one attached hydrogen (secondary N) is 1. The molecule has 0 radical (unpaired) electrons. The normalized spacial score (nSPS) is 18.2. The molecule has 9 nitrogen and oxygen atoms in total. The van der Waals surface area contributed by atoms with Gasteiger partial charge in [-0.25, -0.2) is 0 Å². The molecule has 1 unspecified atom stereocenters. The zero-order valence-corrected chi connectivity index (χ0v) is 22.1. The molecule has 2 saturated heterocycles. The Hall–Kier alpha value is -4.24. The van der Waals surface area contributed by atoms with Gasteiger partial charge in [-0.2, -0.15) is 0 Å². The average Bonchev–Trinajstić information content (AvgIpc) is 3.35. The Balaban J connectivity index is 1.36. The first-order valence-electron chi connectivity index (χ1n) is 13.0. The summed E-state index contributed by atoms with van der Waals surface area (Å²) in [4.78, 5) is 47.8. The molecule has 39 heavy (non-hydrogen) atoms. The van der Waals surface area contributed by atoms with Crippen molar-refractivity contribution < 1.29 is 23.9 Å². The van der Waals surface area contributed by atoms with Gasteiger partial charge in [-0.1, -0.05) is 17.7 Å². The lowest BCUT2D eigenvalue weighted by Crippen LogP contribution is -2.59. The number of ether oxygens (including phenoxy) is 2. The van der Waals surface area contributed by atoms with Gasteiger partial charge in [-0.05, 0) is 61.0 Å². The van der Waals surface area contributed by atoms with E-state index in [1.54, 1.807) is 53.6 Å². The third-order valence-corrected chi connectivity index (χ3v) is 7.47. The highest BCUT2D eigenvalue weighted by Crippen LogP contribution is 2.39. The summed E-state index contributed by atoms with van der Waals surface area (Å²) >= 11 is 0. The van der Waals surface area contributed by atoms with Crippen LogP contribution in [0.2, 0.25) is 0 Å². The maximum atomic E-state index is 13.9. The van der Waals surface area contributed by atoms with E-state index in [0.29, 0.717) is 49.4 Å². The number of aromatic nitrogens is 1. The number of hydrogen-bond acceptors (Lipinski definition) is 6. The molecule has 2 aliphatic rings. The minimum absolute atomic E-state index is 0.0532. The van der Waals surface area contributed by atoms with Crippen LogP contribution in [0, 0.1) is 6.92 Å². The fourth-order valence-corrected chi connectivity index (χ4v) is 5.19. The molecule has 5 rings (SSSR count). The van der Waals surface area contributed by atoms with E-state index in [0.717, 1.165) is 11.1 Å². The smallest absolute Gasteiger partial charge is 0.256 e. The second kappa shape index (κ2) is 11.2. The summed E-state index contributed by atoms with van der Waals surface area (Å²) in [5.74, 6) is -0.00253.